The number of rotatable bonds is 5. The van der Waals surface area contributed by atoms with Gasteiger partial charge in [0.05, 0.1) is 11.6 Å². The van der Waals surface area contributed by atoms with E-state index in [4.69, 9.17) is 4.74 Å². The molecule has 0 atom stereocenters. The molecule has 0 aliphatic carbocycles. The molecule has 5 nitrogen and oxygen atoms in total. The highest BCUT2D eigenvalue weighted by Crippen LogP contribution is 2.24. The van der Waals surface area contributed by atoms with Gasteiger partial charge in [0, 0.05) is 39.8 Å². The molecule has 1 heterocycles. The minimum atomic E-state index is 0.0626. The van der Waals surface area contributed by atoms with Gasteiger partial charge in [-0.15, -0.1) is 0 Å². The largest absolute Gasteiger partial charge is 0.375 e. The first-order chi connectivity index (χ1) is 12.7. The van der Waals surface area contributed by atoms with Crippen molar-refractivity contribution < 1.29 is 9.53 Å². The molecule has 0 spiro atoms. The molecule has 0 saturated carbocycles. The van der Waals surface area contributed by atoms with E-state index in [9.17, 15) is 10.1 Å². The molecule has 0 radical (unpaired) electrons. The van der Waals surface area contributed by atoms with Gasteiger partial charge in [0.25, 0.3) is 0 Å². The number of methoxy groups -OCH3 is 1. The Morgan fingerprint density at radius 3 is 2.42 bits per heavy atom. The highest BCUT2D eigenvalue weighted by molar-refractivity contribution is 5.77. The van der Waals surface area contributed by atoms with E-state index in [1.807, 2.05) is 29.2 Å². The van der Waals surface area contributed by atoms with Crippen molar-refractivity contribution in [3.63, 3.8) is 0 Å². The molecule has 134 valence electrons. The molecule has 1 saturated heterocycles. The van der Waals surface area contributed by atoms with Crippen LogP contribution in [0.15, 0.2) is 48.5 Å². The second kappa shape index (κ2) is 8.61. The van der Waals surface area contributed by atoms with Crippen molar-refractivity contribution >= 4 is 5.91 Å². The van der Waals surface area contributed by atoms with Crippen molar-refractivity contribution in [3.05, 3.63) is 59.7 Å². The molecular formula is C21H23N3O2. The molecule has 26 heavy (non-hydrogen) atoms. The van der Waals surface area contributed by atoms with Crippen molar-refractivity contribution in [1.82, 2.24) is 9.80 Å². The Hall–Kier alpha value is -2.68. The number of hydrogen-bond acceptors (Lipinski definition) is 4. The van der Waals surface area contributed by atoms with Crippen LogP contribution in [0, 0.1) is 11.3 Å². The van der Waals surface area contributed by atoms with Gasteiger partial charge in [-0.3, -0.25) is 9.69 Å². The maximum atomic E-state index is 11.8. The maximum Gasteiger partial charge on any atom is 0.248 e. The Kier molecular flexibility index (Phi) is 6.00. The lowest BCUT2D eigenvalue weighted by Gasteiger charge is -2.34. The predicted molar refractivity (Wildman–Crippen MR) is 100 cm³/mol. The number of carbonyl (C=O) groups excluding carboxylic acids is 1. The summed E-state index contributed by atoms with van der Waals surface area (Å²) in [5.74, 6) is 0.0626. The fourth-order valence-electron chi connectivity index (χ4n) is 3.25. The zero-order chi connectivity index (χ0) is 18.4. The molecule has 1 amide bonds. The Balaban J connectivity index is 1.59. The summed E-state index contributed by atoms with van der Waals surface area (Å²) in [5.41, 5.74) is 3.95. The summed E-state index contributed by atoms with van der Waals surface area (Å²) in [5, 5.41) is 9.25. The monoisotopic (exact) mass is 349 g/mol. The number of nitriles is 1. The lowest BCUT2D eigenvalue weighted by Crippen LogP contribution is -2.49. The second-order valence-corrected chi connectivity index (χ2v) is 6.44. The third-order valence-electron chi connectivity index (χ3n) is 4.71. The summed E-state index contributed by atoms with van der Waals surface area (Å²) in [7, 11) is 1.55. The van der Waals surface area contributed by atoms with Crippen LogP contribution in [0.25, 0.3) is 11.1 Å². The van der Waals surface area contributed by atoms with E-state index in [1.165, 1.54) is 5.56 Å². The van der Waals surface area contributed by atoms with Crippen LogP contribution in [0.2, 0.25) is 0 Å². The van der Waals surface area contributed by atoms with E-state index in [-0.39, 0.29) is 12.5 Å². The lowest BCUT2D eigenvalue weighted by atomic mass is 9.99. The number of piperazine rings is 1. The lowest BCUT2D eigenvalue weighted by molar-refractivity contribution is -0.136. The van der Waals surface area contributed by atoms with E-state index in [0.717, 1.165) is 43.9 Å². The van der Waals surface area contributed by atoms with Crippen LogP contribution in [0.4, 0.5) is 0 Å². The SMILES string of the molecule is COCC(=O)N1CCN(Cc2ccc(-c3ccccc3C#N)cc2)CC1. The van der Waals surface area contributed by atoms with Crippen LogP contribution in [0.5, 0.6) is 0 Å². The van der Waals surface area contributed by atoms with Gasteiger partial charge in [-0.05, 0) is 22.8 Å². The summed E-state index contributed by atoms with van der Waals surface area (Å²) in [6.07, 6.45) is 0. The standard InChI is InChI=1S/C21H23N3O2/c1-26-16-21(25)24-12-10-23(11-13-24)15-17-6-8-18(9-7-17)20-5-3-2-4-19(20)14-22/h2-9H,10-13,15-16H2,1H3. The van der Waals surface area contributed by atoms with Crippen LogP contribution >= 0.6 is 0 Å². The van der Waals surface area contributed by atoms with Gasteiger partial charge in [0.1, 0.15) is 6.61 Å². The van der Waals surface area contributed by atoms with Crippen molar-refractivity contribution in [1.29, 1.82) is 5.26 Å². The number of carbonyl (C=O) groups is 1. The van der Waals surface area contributed by atoms with Crippen molar-refractivity contribution in [2.24, 2.45) is 0 Å². The number of ether oxygens (including phenoxy) is 1. The molecule has 0 bridgehead atoms. The number of nitrogens with zero attached hydrogens (tertiary/aromatic N) is 3. The number of amides is 1. The number of benzene rings is 2. The minimum Gasteiger partial charge on any atom is -0.375 e. The van der Waals surface area contributed by atoms with Crippen molar-refractivity contribution in [2.75, 3.05) is 39.9 Å². The van der Waals surface area contributed by atoms with Crippen LogP contribution in [0.3, 0.4) is 0 Å². The Morgan fingerprint density at radius 1 is 1.08 bits per heavy atom. The zero-order valence-electron chi connectivity index (χ0n) is 15.0. The van der Waals surface area contributed by atoms with Crippen molar-refractivity contribution in [2.45, 2.75) is 6.54 Å². The Bertz CT molecular complexity index is 788. The second-order valence-electron chi connectivity index (χ2n) is 6.44. The molecule has 2 aromatic rings. The van der Waals surface area contributed by atoms with Crippen LogP contribution in [-0.4, -0.2) is 55.6 Å². The van der Waals surface area contributed by atoms with E-state index in [1.54, 1.807) is 7.11 Å². The van der Waals surface area contributed by atoms with Gasteiger partial charge in [-0.1, -0.05) is 42.5 Å². The van der Waals surface area contributed by atoms with Gasteiger partial charge >= 0.3 is 0 Å². The van der Waals surface area contributed by atoms with E-state index in [0.29, 0.717) is 5.56 Å². The summed E-state index contributed by atoms with van der Waals surface area (Å²) < 4.78 is 4.92. The predicted octanol–water partition coefficient (Wildman–Crippen LogP) is 2.52. The first kappa shape index (κ1) is 18.1. The average molecular weight is 349 g/mol. The fraction of sp³-hybridized carbons (Fsp3) is 0.333. The van der Waals surface area contributed by atoms with Gasteiger partial charge in [0.15, 0.2) is 0 Å². The van der Waals surface area contributed by atoms with E-state index < -0.39 is 0 Å². The highest BCUT2D eigenvalue weighted by atomic mass is 16.5. The first-order valence-corrected chi connectivity index (χ1v) is 8.79. The van der Waals surface area contributed by atoms with Gasteiger partial charge in [0.2, 0.25) is 5.91 Å². The first-order valence-electron chi connectivity index (χ1n) is 8.79. The smallest absolute Gasteiger partial charge is 0.248 e. The highest BCUT2D eigenvalue weighted by Gasteiger charge is 2.20. The molecular weight excluding hydrogens is 326 g/mol. The molecule has 0 unspecified atom stereocenters. The van der Waals surface area contributed by atoms with E-state index in [2.05, 4.69) is 35.2 Å². The van der Waals surface area contributed by atoms with Crippen LogP contribution in [0.1, 0.15) is 11.1 Å². The minimum absolute atomic E-state index is 0.0626. The Morgan fingerprint density at radius 2 is 1.77 bits per heavy atom. The summed E-state index contributed by atoms with van der Waals surface area (Å²) >= 11 is 0. The molecule has 2 aromatic carbocycles. The summed E-state index contributed by atoms with van der Waals surface area (Å²) in [6, 6.07) is 18.3. The third-order valence-corrected chi connectivity index (χ3v) is 4.71. The summed E-state index contributed by atoms with van der Waals surface area (Å²) in [4.78, 5) is 16.1. The number of hydrogen-bond donors (Lipinski definition) is 0. The normalized spacial score (nSPS) is 14.8. The van der Waals surface area contributed by atoms with Crippen LogP contribution in [-0.2, 0) is 16.1 Å². The molecule has 5 heteroatoms. The quantitative estimate of drug-likeness (QED) is 0.832. The molecule has 1 aliphatic heterocycles. The van der Waals surface area contributed by atoms with Crippen molar-refractivity contribution in [3.8, 4) is 17.2 Å². The van der Waals surface area contributed by atoms with Gasteiger partial charge in [-0.25, -0.2) is 0 Å². The summed E-state index contributed by atoms with van der Waals surface area (Å²) in [6.45, 7) is 4.26. The zero-order valence-corrected chi connectivity index (χ0v) is 15.0. The third kappa shape index (κ3) is 4.29. The van der Waals surface area contributed by atoms with Crippen LogP contribution < -0.4 is 0 Å². The molecule has 0 aromatic heterocycles. The fourth-order valence-corrected chi connectivity index (χ4v) is 3.25. The topological polar surface area (TPSA) is 56.6 Å². The molecule has 3 rings (SSSR count). The van der Waals surface area contributed by atoms with E-state index >= 15 is 0 Å². The molecule has 1 aliphatic rings. The average Bonchev–Trinajstić information content (AvgIpc) is 2.69. The molecule has 0 N–H and O–H groups in total. The maximum absolute atomic E-state index is 11.8. The molecule has 1 fully saturated rings. The van der Waals surface area contributed by atoms with Gasteiger partial charge < -0.3 is 9.64 Å². The Labute approximate surface area is 154 Å². The van der Waals surface area contributed by atoms with Gasteiger partial charge in [-0.2, -0.15) is 5.26 Å².